The van der Waals surface area contributed by atoms with Gasteiger partial charge in [-0.3, -0.25) is 0 Å². The predicted molar refractivity (Wildman–Crippen MR) is 59.3 cm³/mol. The maximum absolute atomic E-state index is 12.2. The van der Waals surface area contributed by atoms with Crippen LogP contribution in [-0.4, -0.2) is 25.1 Å². The molecule has 0 saturated heterocycles. The Kier molecular flexibility index (Phi) is 4.47. The van der Waals surface area contributed by atoms with Crippen molar-refractivity contribution in [3.8, 4) is 0 Å². The van der Waals surface area contributed by atoms with E-state index in [1.165, 1.54) is 4.90 Å². The van der Waals surface area contributed by atoms with Crippen LogP contribution in [-0.2, 0) is 6.61 Å². The molecular formula is C10H12BrF2NO. The van der Waals surface area contributed by atoms with Crippen LogP contribution >= 0.6 is 15.9 Å². The van der Waals surface area contributed by atoms with Gasteiger partial charge in [0, 0.05) is 22.8 Å². The number of alkyl halides is 2. The molecule has 1 N–H and O–H groups in total. The predicted octanol–water partition coefficient (Wildman–Crippen LogP) is 2.64. The van der Waals surface area contributed by atoms with Crippen molar-refractivity contribution in [3.05, 3.63) is 28.2 Å². The van der Waals surface area contributed by atoms with Gasteiger partial charge in [-0.1, -0.05) is 15.9 Å². The number of anilines is 1. The summed E-state index contributed by atoms with van der Waals surface area (Å²) in [5.74, 6) is 0. The Morgan fingerprint density at radius 3 is 2.67 bits per heavy atom. The normalized spacial score (nSPS) is 10.8. The highest BCUT2D eigenvalue weighted by Gasteiger charge is 2.11. The summed E-state index contributed by atoms with van der Waals surface area (Å²) in [4.78, 5) is 1.43. The Hall–Kier alpha value is -0.680. The molecule has 0 heterocycles. The highest BCUT2D eigenvalue weighted by molar-refractivity contribution is 9.10. The molecule has 2 nitrogen and oxygen atoms in total. The van der Waals surface area contributed by atoms with Gasteiger partial charge in [0.1, 0.15) is 0 Å². The van der Waals surface area contributed by atoms with Crippen LogP contribution in [0.15, 0.2) is 22.7 Å². The molecule has 0 amide bonds. The molecule has 0 atom stereocenters. The van der Waals surface area contributed by atoms with Gasteiger partial charge in [0.2, 0.25) is 0 Å². The number of aliphatic hydroxyl groups is 1. The zero-order valence-corrected chi connectivity index (χ0v) is 9.84. The molecule has 1 rings (SSSR count). The maximum atomic E-state index is 12.2. The van der Waals surface area contributed by atoms with Crippen molar-refractivity contribution in [3.63, 3.8) is 0 Å². The van der Waals surface area contributed by atoms with Gasteiger partial charge in [-0.05, 0) is 18.2 Å². The van der Waals surface area contributed by atoms with Gasteiger partial charge >= 0.3 is 0 Å². The summed E-state index contributed by atoms with van der Waals surface area (Å²) in [7, 11) is 1.58. The number of halogens is 3. The molecule has 0 saturated carbocycles. The molecule has 0 aliphatic heterocycles. The van der Waals surface area contributed by atoms with Crippen molar-refractivity contribution < 1.29 is 13.9 Å². The van der Waals surface area contributed by atoms with Gasteiger partial charge < -0.3 is 10.0 Å². The van der Waals surface area contributed by atoms with Gasteiger partial charge in [0.15, 0.2) is 0 Å². The lowest BCUT2D eigenvalue weighted by atomic mass is 10.2. The summed E-state index contributed by atoms with van der Waals surface area (Å²) < 4.78 is 25.2. The van der Waals surface area contributed by atoms with Gasteiger partial charge in [-0.25, -0.2) is 8.78 Å². The monoisotopic (exact) mass is 279 g/mol. The molecule has 1 aromatic carbocycles. The Bertz CT molecular complexity index is 333. The lowest BCUT2D eigenvalue weighted by Crippen LogP contribution is -2.25. The molecule has 1 aromatic rings. The highest BCUT2D eigenvalue weighted by atomic mass is 79.9. The second kappa shape index (κ2) is 5.42. The fraction of sp³-hybridized carbons (Fsp3) is 0.400. The van der Waals surface area contributed by atoms with Crippen LogP contribution < -0.4 is 4.90 Å². The topological polar surface area (TPSA) is 23.5 Å². The van der Waals surface area contributed by atoms with Crippen molar-refractivity contribution in [2.24, 2.45) is 0 Å². The molecule has 0 aliphatic rings. The van der Waals surface area contributed by atoms with Crippen LogP contribution in [0.5, 0.6) is 0 Å². The van der Waals surface area contributed by atoms with E-state index in [2.05, 4.69) is 15.9 Å². The van der Waals surface area contributed by atoms with E-state index in [9.17, 15) is 8.78 Å². The van der Waals surface area contributed by atoms with E-state index in [1.54, 1.807) is 25.2 Å². The number of hydrogen-bond acceptors (Lipinski definition) is 2. The molecule has 0 unspecified atom stereocenters. The van der Waals surface area contributed by atoms with Gasteiger partial charge in [0.25, 0.3) is 6.43 Å². The quantitative estimate of drug-likeness (QED) is 0.916. The van der Waals surface area contributed by atoms with Gasteiger partial charge in [0.05, 0.1) is 13.2 Å². The molecule has 0 bridgehead atoms. The number of rotatable bonds is 4. The first-order valence-electron chi connectivity index (χ1n) is 4.43. The minimum Gasteiger partial charge on any atom is -0.392 e. The average Bonchev–Trinajstić information content (AvgIpc) is 2.16. The van der Waals surface area contributed by atoms with E-state index in [0.717, 1.165) is 4.47 Å². The number of hydrogen-bond donors (Lipinski definition) is 1. The van der Waals surface area contributed by atoms with E-state index in [0.29, 0.717) is 11.3 Å². The molecule has 0 radical (unpaired) electrons. The van der Waals surface area contributed by atoms with Crippen LogP contribution in [0.1, 0.15) is 5.56 Å². The van der Waals surface area contributed by atoms with Crippen LogP contribution in [0, 0.1) is 0 Å². The van der Waals surface area contributed by atoms with Crippen molar-refractivity contribution >= 4 is 21.6 Å². The molecular weight excluding hydrogens is 268 g/mol. The largest absolute Gasteiger partial charge is 0.392 e. The van der Waals surface area contributed by atoms with Crippen LogP contribution in [0.2, 0.25) is 0 Å². The molecule has 0 spiro atoms. The molecule has 15 heavy (non-hydrogen) atoms. The third-order valence-corrected chi connectivity index (χ3v) is 2.53. The van der Waals surface area contributed by atoms with E-state index >= 15 is 0 Å². The first-order chi connectivity index (χ1) is 7.04. The smallest absolute Gasteiger partial charge is 0.255 e. The van der Waals surface area contributed by atoms with E-state index in [4.69, 9.17) is 5.11 Å². The molecule has 5 heteroatoms. The van der Waals surface area contributed by atoms with Gasteiger partial charge in [-0.2, -0.15) is 0 Å². The van der Waals surface area contributed by atoms with Crippen molar-refractivity contribution in [1.29, 1.82) is 0 Å². The zero-order chi connectivity index (χ0) is 11.4. The maximum Gasteiger partial charge on any atom is 0.255 e. The van der Waals surface area contributed by atoms with Crippen molar-refractivity contribution in [2.45, 2.75) is 13.0 Å². The Labute approximate surface area is 95.6 Å². The minimum atomic E-state index is -2.38. The second-order valence-electron chi connectivity index (χ2n) is 3.20. The number of nitrogens with zero attached hydrogens (tertiary/aromatic N) is 1. The third-order valence-electron chi connectivity index (χ3n) is 2.04. The third kappa shape index (κ3) is 3.43. The Morgan fingerprint density at radius 1 is 1.47 bits per heavy atom. The fourth-order valence-electron chi connectivity index (χ4n) is 1.36. The zero-order valence-electron chi connectivity index (χ0n) is 8.25. The fourth-order valence-corrected chi connectivity index (χ4v) is 1.77. The number of aliphatic hydroxyl groups excluding tert-OH is 1. The second-order valence-corrected chi connectivity index (χ2v) is 4.12. The SMILES string of the molecule is CN(CC(F)F)c1ccc(Br)cc1CO. The van der Waals surface area contributed by atoms with Crippen LogP contribution in [0.25, 0.3) is 0 Å². The first kappa shape index (κ1) is 12.4. The lowest BCUT2D eigenvalue weighted by molar-refractivity contribution is 0.156. The molecule has 0 aliphatic carbocycles. The summed E-state index contributed by atoms with van der Waals surface area (Å²) >= 11 is 3.26. The lowest BCUT2D eigenvalue weighted by Gasteiger charge is -2.21. The van der Waals surface area contributed by atoms with Gasteiger partial charge in [-0.15, -0.1) is 0 Å². The molecule has 0 fully saturated rings. The summed E-state index contributed by atoms with van der Waals surface area (Å²) in [6.07, 6.45) is -2.38. The van der Waals surface area contributed by atoms with E-state index in [-0.39, 0.29) is 13.2 Å². The molecule has 84 valence electrons. The first-order valence-corrected chi connectivity index (χ1v) is 5.22. The summed E-state index contributed by atoms with van der Waals surface area (Å²) in [6, 6.07) is 5.19. The minimum absolute atomic E-state index is 0.164. The average molecular weight is 280 g/mol. The van der Waals surface area contributed by atoms with E-state index < -0.39 is 6.43 Å². The van der Waals surface area contributed by atoms with Crippen LogP contribution in [0.3, 0.4) is 0 Å². The Balaban J connectivity index is 2.92. The summed E-state index contributed by atoms with van der Waals surface area (Å²) in [5.41, 5.74) is 1.26. The summed E-state index contributed by atoms with van der Waals surface area (Å²) in [6.45, 7) is -0.503. The Morgan fingerprint density at radius 2 is 2.13 bits per heavy atom. The van der Waals surface area contributed by atoms with E-state index in [1.807, 2.05) is 0 Å². The highest BCUT2D eigenvalue weighted by Crippen LogP contribution is 2.24. The van der Waals surface area contributed by atoms with Crippen LogP contribution in [0.4, 0.5) is 14.5 Å². The summed E-state index contributed by atoms with van der Waals surface area (Å²) in [5, 5.41) is 9.09. The van der Waals surface area contributed by atoms with Crippen molar-refractivity contribution in [2.75, 3.05) is 18.5 Å². The standard InChI is InChI=1S/C10H12BrF2NO/c1-14(5-10(12)13)9-3-2-8(11)4-7(9)6-15/h2-4,10,15H,5-6H2,1H3. The molecule has 0 aromatic heterocycles. The van der Waals surface area contributed by atoms with Crippen molar-refractivity contribution in [1.82, 2.24) is 0 Å². The number of benzene rings is 1.